The van der Waals surface area contributed by atoms with Crippen molar-refractivity contribution < 1.29 is 27.1 Å². The number of carbonyl (C=O) groups excluding carboxylic acids is 1. The molecule has 0 saturated carbocycles. The van der Waals surface area contributed by atoms with Crippen LogP contribution in [0.4, 0.5) is 13.2 Å². The second-order valence-electron chi connectivity index (χ2n) is 4.70. The number of nitrogens with zero attached hydrogens (tertiary/aromatic N) is 1. The lowest BCUT2D eigenvalue weighted by molar-refractivity contribution is -0.165. The standard InChI is InChI=1S/C12H15F3N2O3/c13-12(14,15)7-17(4-8-2-1-3-20-8)11(18)9-5-19-6-10(9)16/h1-3,9-10H,4-7,16H2. The molecule has 1 aromatic heterocycles. The molecule has 1 aliphatic heterocycles. The highest BCUT2D eigenvalue weighted by Gasteiger charge is 2.39. The van der Waals surface area contributed by atoms with Crippen LogP contribution in [0.25, 0.3) is 0 Å². The molecule has 20 heavy (non-hydrogen) atoms. The monoisotopic (exact) mass is 292 g/mol. The summed E-state index contributed by atoms with van der Waals surface area (Å²) in [6.45, 7) is -1.35. The molecule has 1 fully saturated rings. The quantitative estimate of drug-likeness (QED) is 0.903. The van der Waals surface area contributed by atoms with Crippen LogP contribution in [0, 0.1) is 5.92 Å². The Bertz CT molecular complexity index is 447. The van der Waals surface area contributed by atoms with Gasteiger partial charge >= 0.3 is 6.18 Å². The maximum absolute atomic E-state index is 12.6. The molecular formula is C12H15F3N2O3. The molecule has 0 aromatic carbocycles. The van der Waals surface area contributed by atoms with Gasteiger partial charge in [-0.3, -0.25) is 4.79 Å². The first kappa shape index (κ1) is 14.9. The SMILES string of the molecule is NC1COCC1C(=O)N(Cc1ccco1)CC(F)(F)F. The summed E-state index contributed by atoms with van der Waals surface area (Å²) in [6, 6.07) is 2.49. The van der Waals surface area contributed by atoms with E-state index in [2.05, 4.69) is 0 Å². The third-order valence-electron chi connectivity index (χ3n) is 3.05. The summed E-state index contributed by atoms with van der Waals surface area (Å²) in [4.78, 5) is 12.9. The molecule has 112 valence electrons. The first-order valence-corrected chi connectivity index (χ1v) is 6.08. The molecule has 0 spiro atoms. The molecule has 1 aliphatic rings. The largest absolute Gasteiger partial charge is 0.467 e. The molecule has 0 bridgehead atoms. The van der Waals surface area contributed by atoms with Crippen LogP contribution in [0.2, 0.25) is 0 Å². The lowest BCUT2D eigenvalue weighted by Crippen LogP contribution is -2.46. The molecule has 8 heteroatoms. The van der Waals surface area contributed by atoms with E-state index < -0.39 is 30.6 Å². The van der Waals surface area contributed by atoms with Gasteiger partial charge < -0.3 is 19.8 Å². The van der Waals surface area contributed by atoms with Crippen LogP contribution in [-0.2, 0) is 16.1 Å². The summed E-state index contributed by atoms with van der Waals surface area (Å²) in [7, 11) is 0. The van der Waals surface area contributed by atoms with Crippen LogP contribution in [0.3, 0.4) is 0 Å². The number of hydrogen-bond donors (Lipinski definition) is 1. The Morgan fingerprint density at radius 3 is 2.70 bits per heavy atom. The van der Waals surface area contributed by atoms with Crippen molar-refractivity contribution in [1.82, 2.24) is 4.90 Å². The highest BCUT2D eigenvalue weighted by atomic mass is 19.4. The van der Waals surface area contributed by atoms with Crippen molar-refractivity contribution in [2.24, 2.45) is 11.7 Å². The van der Waals surface area contributed by atoms with Gasteiger partial charge in [-0.2, -0.15) is 13.2 Å². The second-order valence-corrected chi connectivity index (χ2v) is 4.70. The fourth-order valence-electron chi connectivity index (χ4n) is 2.08. The van der Waals surface area contributed by atoms with Crippen molar-refractivity contribution in [2.45, 2.75) is 18.8 Å². The molecule has 1 saturated heterocycles. The average molecular weight is 292 g/mol. The highest BCUT2D eigenvalue weighted by molar-refractivity contribution is 5.80. The van der Waals surface area contributed by atoms with Crippen molar-refractivity contribution in [1.29, 1.82) is 0 Å². The Morgan fingerprint density at radius 1 is 1.45 bits per heavy atom. The molecular weight excluding hydrogens is 277 g/mol. The Morgan fingerprint density at radius 2 is 2.20 bits per heavy atom. The van der Waals surface area contributed by atoms with Crippen molar-refractivity contribution in [2.75, 3.05) is 19.8 Å². The minimum absolute atomic E-state index is 0.0481. The van der Waals surface area contributed by atoms with E-state index in [0.29, 0.717) is 4.90 Å². The predicted octanol–water partition coefficient (Wildman–Crippen LogP) is 1.14. The zero-order chi connectivity index (χ0) is 14.8. The van der Waals surface area contributed by atoms with Crippen molar-refractivity contribution >= 4 is 5.91 Å². The topological polar surface area (TPSA) is 68.7 Å². The predicted molar refractivity (Wildman–Crippen MR) is 62.5 cm³/mol. The molecule has 2 heterocycles. The third-order valence-corrected chi connectivity index (χ3v) is 3.05. The Labute approximate surface area is 113 Å². The number of furan rings is 1. The molecule has 2 rings (SSSR count). The number of amides is 1. The van der Waals surface area contributed by atoms with E-state index in [1.165, 1.54) is 12.3 Å². The summed E-state index contributed by atoms with van der Waals surface area (Å²) in [5, 5.41) is 0. The number of carbonyl (C=O) groups is 1. The normalized spacial score (nSPS) is 23.0. The summed E-state index contributed by atoms with van der Waals surface area (Å²) in [5.41, 5.74) is 5.68. The molecule has 0 aliphatic carbocycles. The van der Waals surface area contributed by atoms with E-state index in [1.807, 2.05) is 0 Å². The van der Waals surface area contributed by atoms with Crippen molar-refractivity contribution in [3.05, 3.63) is 24.2 Å². The lowest BCUT2D eigenvalue weighted by Gasteiger charge is -2.26. The summed E-state index contributed by atoms with van der Waals surface area (Å²) >= 11 is 0. The smallest absolute Gasteiger partial charge is 0.406 e. The van der Waals surface area contributed by atoms with Gasteiger partial charge in [-0.15, -0.1) is 0 Å². The summed E-state index contributed by atoms with van der Waals surface area (Å²) in [6.07, 6.45) is -3.14. The summed E-state index contributed by atoms with van der Waals surface area (Å²) < 4.78 is 47.8. The van der Waals surface area contributed by atoms with Gasteiger partial charge in [0.15, 0.2) is 0 Å². The van der Waals surface area contributed by atoms with Gasteiger partial charge in [-0.25, -0.2) is 0 Å². The number of rotatable bonds is 4. The molecule has 2 atom stereocenters. The Kier molecular flexibility index (Phi) is 4.34. The number of hydrogen-bond acceptors (Lipinski definition) is 4. The van der Waals surface area contributed by atoms with Gasteiger partial charge in [-0.1, -0.05) is 0 Å². The zero-order valence-corrected chi connectivity index (χ0v) is 10.6. The molecule has 2 unspecified atom stereocenters. The lowest BCUT2D eigenvalue weighted by atomic mass is 10.0. The van der Waals surface area contributed by atoms with Crippen molar-refractivity contribution in [3.8, 4) is 0 Å². The van der Waals surface area contributed by atoms with E-state index in [-0.39, 0.29) is 25.5 Å². The maximum atomic E-state index is 12.6. The highest BCUT2D eigenvalue weighted by Crippen LogP contribution is 2.22. The number of halogens is 3. The van der Waals surface area contributed by atoms with Crippen LogP contribution >= 0.6 is 0 Å². The summed E-state index contributed by atoms with van der Waals surface area (Å²) in [5.74, 6) is -1.12. The fourth-order valence-corrected chi connectivity index (χ4v) is 2.08. The zero-order valence-electron chi connectivity index (χ0n) is 10.6. The number of alkyl halides is 3. The molecule has 1 aromatic rings. The van der Waals surface area contributed by atoms with E-state index >= 15 is 0 Å². The third kappa shape index (κ3) is 3.73. The molecule has 5 nitrogen and oxygen atoms in total. The van der Waals surface area contributed by atoms with E-state index in [4.69, 9.17) is 14.9 Å². The first-order chi connectivity index (χ1) is 9.37. The van der Waals surface area contributed by atoms with Gasteiger partial charge in [0.25, 0.3) is 0 Å². The average Bonchev–Trinajstić information content (AvgIpc) is 2.97. The molecule has 1 amide bonds. The fraction of sp³-hybridized carbons (Fsp3) is 0.583. The second kappa shape index (κ2) is 5.84. The maximum Gasteiger partial charge on any atom is 0.406 e. The van der Waals surface area contributed by atoms with Crippen LogP contribution < -0.4 is 5.73 Å². The van der Waals surface area contributed by atoms with Gasteiger partial charge in [0, 0.05) is 6.04 Å². The van der Waals surface area contributed by atoms with E-state index in [0.717, 1.165) is 0 Å². The van der Waals surface area contributed by atoms with E-state index in [1.54, 1.807) is 6.07 Å². The minimum Gasteiger partial charge on any atom is -0.467 e. The van der Waals surface area contributed by atoms with Crippen LogP contribution in [0.15, 0.2) is 22.8 Å². The number of ether oxygens (including phenoxy) is 1. The van der Waals surface area contributed by atoms with Gasteiger partial charge in [-0.05, 0) is 12.1 Å². The van der Waals surface area contributed by atoms with Crippen LogP contribution in [0.5, 0.6) is 0 Å². The first-order valence-electron chi connectivity index (χ1n) is 6.08. The van der Waals surface area contributed by atoms with Gasteiger partial charge in [0.05, 0.1) is 31.9 Å². The number of nitrogens with two attached hydrogens (primary N) is 1. The van der Waals surface area contributed by atoms with Crippen molar-refractivity contribution in [3.63, 3.8) is 0 Å². The van der Waals surface area contributed by atoms with Gasteiger partial charge in [0.1, 0.15) is 12.3 Å². The van der Waals surface area contributed by atoms with Crippen LogP contribution in [-0.4, -0.2) is 42.8 Å². The van der Waals surface area contributed by atoms with Crippen LogP contribution in [0.1, 0.15) is 5.76 Å². The molecule has 2 N–H and O–H groups in total. The van der Waals surface area contributed by atoms with E-state index in [9.17, 15) is 18.0 Å². The Balaban J connectivity index is 2.10. The molecule has 0 radical (unpaired) electrons. The van der Waals surface area contributed by atoms with Gasteiger partial charge in [0.2, 0.25) is 5.91 Å². The Hall–Kier alpha value is -1.54. The minimum atomic E-state index is -4.48.